The smallest absolute Gasteiger partial charge is 0.249 e. The second-order valence-electron chi connectivity index (χ2n) is 5.01. The van der Waals surface area contributed by atoms with Gasteiger partial charge in [-0.3, -0.25) is 9.59 Å². The first-order chi connectivity index (χ1) is 9.72. The van der Waals surface area contributed by atoms with Crippen LogP contribution in [0.1, 0.15) is 12.8 Å². The molecule has 2 rings (SSSR count). The quantitative estimate of drug-likeness (QED) is 0.617. The zero-order valence-electron chi connectivity index (χ0n) is 11.8. The van der Waals surface area contributed by atoms with E-state index in [9.17, 15) is 9.59 Å². The van der Waals surface area contributed by atoms with Gasteiger partial charge in [0.15, 0.2) is 0 Å². The van der Waals surface area contributed by atoms with E-state index in [1.807, 2.05) is 0 Å². The summed E-state index contributed by atoms with van der Waals surface area (Å²) in [4.78, 5) is 25.7. The predicted octanol–water partition coefficient (Wildman–Crippen LogP) is -0.845. The van der Waals surface area contributed by atoms with Gasteiger partial charge in [-0.2, -0.15) is 0 Å². The van der Waals surface area contributed by atoms with Crippen LogP contribution in [0.3, 0.4) is 0 Å². The van der Waals surface area contributed by atoms with E-state index in [4.69, 9.17) is 14.2 Å². The third-order valence-electron chi connectivity index (χ3n) is 3.33. The molecule has 20 heavy (non-hydrogen) atoms. The Hall–Kier alpha value is -1.18. The summed E-state index contributed by atoms with van der Waals surface area (Å²) in [6.45, 7) is 1.92. The molecule has 114 valence electrons. The number of hydrogen-bond donors (Lipinski definition) is 1. The maximum Gasteiger partial charge on any atom is 0.249 e. The molecule has 1 N–H and O–H groups in total. The van der Waals surface area contributed by atoms with Crippen LogP contribution in [0.4, 0.5) is 0 Å². The first-order valence-corrected chi connectivity index (χ1v) is 6.96. The zero-order chi connectivity index (χ0) is 14.4. The van der Waals surface area contributed by atoms with Crippen LogP contribution in [-0.4, -0.2) is 75.5 Å². The van der Waals surface area contributed by atoms with Crippen molar-refractivity contribution >= 4 is 11.8 Å². The van der Waals surface area contributed by atoms with Gasteiger partial charge in [0, 0.05) is 19.7 Å². The van der Waals surface area contributed by atoms with E-state index in [1.54, 1.807) is 12.0 Å². The Balaban J connectivity index is 1.81. The average Bonchev–Trinajstić information content (AvgIpc) is 3.27. The van der Waals surface area contributed by atoms with Crippen molar-refractivity contribution in [2.24, 2.45) is 0 Å². The summed E-state index contributed by atoms with van der Waals surface area (Å²) in [5, 5.41) is 2.91. The first kappa shape index (κ1) is 15.2. The fraction of sp³-hybridized carbons (Fsp3) is 0.846. The lowest BCUT2D eigenvalue weighted by Crippen LogP contribution is -2.57. The van der Waals surface area contributed by atoms with Gasteiger partial charge in [-0.25, -0.2) is 0 Å². The van der Waals surface area contributed by atoms with Crippen LogP contribution in [0.25, 0.3) is 0 Å². The number of hydrogen-bond acceptors (Lipinski definition) is 5. The fourth-order valence-corrected chi connectivity index (χ4v) is 2.03. The van der Waals surface area contributed by atoms with E-state index < -0.39 is 6.04 Å². The Labute approximate surface area is 118 Å². The monoisotopic (exact) mass is 286 g/mol. The topological polar surface area (TPSA) is 77.1 Å². The van der Waals surface area contributed by atoms with Gasteiger partial charge in [0.1, 0.15) is 12.6 Å². The highest BCUT2D eigenvalue weighted by molar-refractivity contribution is 5.88. The molecule has 1 atom stereocenters. The lowest BCUT2D eigenvalue weighted by atomic mass is 10.2. The molecule has 1 saturated heterocycles. The molecule has 1 heterocycles. The molecule has 1 aliphatic heterocycles. The minimum absolute atomic E-state index is 0.0312. The molecule has 0 spiro atoms. The summed E-state index contributed by atoms with van der Waals surface area (Å²) >= 11 is 0. The summed E-state index contributed by atoms with van der Waals surface area (Å²) in [5.41, 5.74) is 0. The molecule has 1 aliphatic carbocycles. The molecule has 2 amide bonds. The third kappa shape index (κ3) is 4.43. The summed E-state index contributed by atoms with van der Waals surface area (Å²) in [6.07, 6.45) is 2.04. The third-order valence-corrected chi connectivity index (χ3v) is 3.33. The SMILES string of the molecule is COCCOCC(=O)N1CCOCC1C(=O)NC1CC1. The van der Waals surface area contributed by atoms with Crippen molar-refractivity contribution in [3.63, 3.8) is 0 Å². The molecule has 0 bridgehead atoms. The van der Waals surface area contributed by atoms with Gasteiger partial charge < -0.3 is 24.4 Å². The van der Waals surface area contributed by atoms with E-state index in [1.165, 1.54) is 0 Å². The molecule has 2 fully saturated rings. The van der Waals surface area contributed by atoms with Gasteiger partial charge in [-0.15, -0.1) is 0 Å². The molecule has 1 saturated carbocycles. The van der Waals surface area contributed by atoms with Crippen molar-refractivity contribution in [1.82, 2.24) is 10.2 Å². The van der Waals surface area contributed by atoms with Gasteiger partial charge in [-0.1, -0.05) is 0 Å². The largest absolute Gasteiger partial charge is 0.382 e. The molecule has 0 aromatic rings. The van der Waals surface area contributed by atoms with E-state index >= 15 is 0 Å². The molecule has 0 radical (unpaired) electrons. The number of morpholine rings is 1. The molecule has 7 heteroatoms. The number of carbonyl (C=O) groups is 2. The van der Waals surface area contributed by atoms with Crippen LogP contribution in [0, 0.1) is 0 Å². The number of nitrogens with zero attached hydrogens (tertiary/aromatic N) is 1. The van der Waals surface area contributed by atoms with Crippen molar-refractivity contribution < 1.29 is 23.8 Å². The first-order valence-electron chi connectivity index (χ1n) is 6.96. The van der Waals surface area contributed by atoms with Crippen molar-refractivity contribution in [1.29, 1.82) is 0 Å². The average molecular weight is 286 g/mol. The minimum Gasteiger partial charge on any atom is -0.382 e. The Kier molecular flexibility index (Phi) is 5.75. The predicted molar refractivity (Wildman–Crippen MR) is 70.2 cm³/mol. The molecular formula is C13H22N2O5. The maximum absolute atomic E-state index is 12.1. The highest BCUT2D eigenvalue weighted by Gasteiger charge is 2.35. The Bertz CT molecular complexity index is 346. The zero-order valence-corrected chi connectivity index (χ0v) is 11.8. The van der Waals surface area contributed by atoms with Gasteiger partial charge in [0.2, 0.25) is 11.8 Å². The minimum atomic E-state index is -0.539. The van der Waals surface area contributed by atoms with E-state index in [2.05, 4.69) is 5.32 Å². The van der Waals surface area contributed by atoms with Gasteiger partial charge in [-0.05, 0) is 12.8 Å². The van der Waals surface area contributed by atoms with Crippen LogP contribution in [0.5, 0.6) is 0 Å². The normalized spacial score (nSPS) is 22.6. The second kappa shape index (κ2) is 7.56. The van der Waals surface area contributed by atoms with E-state index in [-0.39, 0.29) is 31.1 Å². The van der Waals surface area contributed by atoms with Crippen LogP contribution in [0.2, 0.25) is 0 Å². The van der Waals surface area contributed by atoms with Crippen molar-refractivity contribution in [2.75, 3.05) is 46.7 Å². The van der Waals surface area contributed by atoms with Crippen molar-refractivity contribution in [3.05, 3.63) is 0 Å². The van der Waals surface area contributed by atoms with Crippen molar-refractivity contribution in [3.8, 4) is 0 Å². The van der Waals surface area contributed by atoms with Gasteiger partial charge in [0.05, 0.1) is 26.4 Å². The lowest BCUT2D eigenvalue weighted by molar-refractivity contribution is -0.152. The highest BCUT2D eigenvalue weighted by atomic mass is 16.5. The summed E-state index contributed by atoms with van der Waals surface area (Å²) in [7, 11) is 1.57. The number of ether oxygens (including phenoxy) is 3. The molecule has 0 aromatic heterocycles. The highest BCUT2D eigenvalue weighted by Crippen LogP contribution is 2.19. The second-order valence-corrected chi connectivity index (χ2v) is 5.01. The summed E-state index contributed by atoms with van der Waals surface area (Å²) < 4.78 is 15.4. The lowest BCUT2D eigenvalue weighted by Gasteiger charge is -2.34. The number of amides is 2. The van der Waals surface area contributed by atoms with E-state index in [0.29, 0.717) is 26.4 Å². The number of rotatable bonds is 7. The summed E-state index contributed by atoms with van der Waals surface area (Å²) in [5.74, 6) is -0.308. The van der Waals surface area contributed by atoms with Crippen molar-refractivity contribution in [2.45, 2.75) is 24.9 Å². The van der Waals surface area contributed by atoms with Crippen LogP contribution in [-0.2, 0) is 23.8 Å². The van der Waals surface area contributed by atoms with Gasteiger partial charge in [0.25, 0.3) is 0 Å². The van der Waals surface area contributed by atoms with Crippen LogP contribution in [0.15, 0.2) is 0 Å². The van der Waals surface area contributed by atoms with Crippen LogP contribution >= 0.6 is 0 Å². The molecule has 2 aliphatic rings. The van der Waals surface area contributed by atoms with Gasteiger partial charge >= 0.3 is 0 Å². The van der Waals surface area contributed by atoms with Crippen LogP contribution < -0.4 is 5.32 Å². The number of methoxy groups -OCH3 is 1. The standard InChI is InChI=1S/C13H22N2O5/c1-18-6-7-20-9-12(16)15-4-5-19-8-11(15)13(17)14-10-2-3-10/h10-11H,2-9H2,1H3,(H,14,17). The fourth-order valence-electron chi connectivity index (χ4n) is 2.03. The number of nitrogens with one attached hydrogen (secondary N) is 1. The Morgan fingerprint density at radius 3 is 2.85 bits per heavy atom. The maximum atomic E-state index is 12.1. The number of carbonyl (C=O) groups excluding carboxylic acids is 2. The molecule has 0 aromatic carbocycles. The Morgan fingerprint density at radius 1 is 1.35 bits per heavy atom. The Morgan fingerprint density at radius 2 is 2.15 bits per heavy atom. The van der Waals surface area contributed by atoms with E-state index in [0.717, 1.165) is 12.8 Å². The molecular weight excluding hydrogens is 264 g/mol. The summed E-state index contributed by atoms with van der Waals surface area (Å²) in [6, 6.07) is -0.262. The molecule has 7 nitrogen and oxygen atoms in total. The molecule has 1 unspecified atom stereocenters.